The van der Waals surface area contributed by atoms with Gasteiger partial charge in [-0.3, -0.25) is 0 Å². The smallest absolute Gasteiger partial charge is 0.335 e. The van der Waals surface area contributed by atoms with Crippen LogP contribution in [-0.4, -0.2) is 33.2 Å². The molecule has 7 nitrogen and oxygen atoms in total. The molecule has 0 aromatic heterocycles. The molecular weight excluding hydrogens is 290 g/mol. The van der Waals surface area contributed by atoms with Crippen LogP contribution in [0.5, 0.6) is 0 Å². The molecule has 2 rings (SSSR count). The van der Waals surface area contributed by atoms with E-state index < -0.39 is 17.9 Å². The summed E-state index contributed by atoms with van der Waals surface area (Å²) in [4.78, 5) is 30.9. The third-order valence-electron chi connectivity index (χ3n) is 2.54. The van der Waals surface area contributed by atoms with E-state index in [9.17, 15) is 14.4 Å². The molecule has 0 aliphatic carbocycles. The quantitative estimate of drug-likeness (QED) is 0.636. The molecule has 7 heteroatoms. The van der Waals surface area contributed by atoms with E-state index in [1.54, 1.807) is 12.1 Å². The van der Waals surface area contributed by atoms with Gasteiger partial charge in [0.25, 0.3) is 0 Å². The Morgan fingerprint density at radius 1 is 0.591 bits per heavy atom. The van der Waals surface area contributed by atoms with Gasteiger partial charge < -0.3 is 21.1 Å². The fourth-order valence-corrected chi connectivity index (χ4v) is 1.38. The first-order valence-electron chi connectivity index (χ1n) is 5.96. The fraction of sp³-hybridized carbons (Fsp3) is 0. The second kappa shape index (κ2) is 7.44. The van der Waals surface area contributed by atoms with Crippen molar-refractivity contribution >= 4 is 23.6 Å². The average Bonchev–Trinajstić information content (AvgIpc) is 2.48. The van der Waals surface area contributed by atoms with Gasteiger partial charge >= 0.3 is 17.9 Å². The van der Waals surface area contributed by atoms with Crippen LogP contribution in [-0.2, 0) is 0 Å². The predicted molar refractivity (Wildman–Crippen MR) is 78.2 cm³/mol. The largest absolute Gasteiger partial charge is 0.478 e. The Labute approximate surface area is 125 Å². The number of carboxylic acid groups (broad SMARTS) is 3. The first-order chi connectivity index (χ1) is 10.3. The number of carbonyl (C=O) groups is 3. The van der Waals surface area contributed by atoms with Gasteiger partial charge in [0, 0.05) is 5.69 Å². The predicted octanol–water partition coefficient (Wildman–Crippen LogP) is 2.05. The number of rotatable bonds is 3. The van der Waals surface area contributed by atoms with Gasteiger partial charge in [0.2, 0.25) is 0 Å². The number of aromatic carboxylic acids is 3. The third kappa shape index (κ3) is 4.97. The zero-order valence-electron chi connectivity index (χ0n) is 11.3. The van der Waals surface area contributed by atoms with Crippen molar-refractivity contribution in [2.24, 2.45) is 0 Å². The molecule has 0 fully saturated rings. The lowest BCUT2D eigenvalue weighted by molar-refractivity contribution is 0.0681. The Bertz CT molecular complexity index is 643. The summed E-state index contributed by atoms with van der Waals surface area (Å²) >= 11 is 0. The summed E-state index contributed by atoms with van der Waals surface area (Å²) in [6.45, 7) is 0. The molecule has 0 amide bonds. The van der Waals surface area contributed by atoms with Crippen molar-refractivity contribution in [1.82, 2.24) is 0 Å². The van der Waals surface area contributed by atoms with Crippen molar-refractivity contribution in [3.8, 4) is 0 Å². The van der Waals surface area contributed by atoms with Gasteiger partial charge in [0.15, 0.2) is 0 Å². The van der Waals surface area contributed by atoms with Crippen molar-refractivity contribution in [2.75, 3.05) is 5.73 Å². The molecule has 0 saturated heterocycles. The highest BCUT2D eigenvalue weighted by atomic mass is 16.4. The molecule has 0 heterocycles. The lowest BCUT2D eigenvalue weighted by atomic mass is 10.1. The van der Waals surface area contributed by atoms with E-state index in [0.29, 0.717) is 5.69 Å². The molecule has 2 aromatic carbocycles. The van der Waals surface area contributed by atoms with Crippen LogP contribution in [0.2, 0.25) is 0 Å². The van der Waals surface area contributed by atoms with Gasteiger partial charge in [-0.05, 0) is 48.5 Å². The van der Waals surface area contributed by atoms with Crippen LogP contribution < -0.4 is 5.73 Å². The molecule has 2 aromatic rings. The van der Waals surface area contributed by atoms with Gasteiger partial charge in [0.05, 0.1) is 16.7 Å². The molecule has 0 spiro atoms. The van der Waals surface area contributed by atoms with E-state index in [-0.39, 0.29) is 16.7 Å². The topological polar surface area (TPSA) is 138 Å². The Morgan fingerprint density at radius 3 is 1.05 bits per heavy atom. The van der Waals surface area contributed by atoms with E-state index in [1.807, 2.05) is 0 Å². The normalized spacial score (nSPS) is 9.27. The highest BCUT2D eigenvalue weighted by molar-refractivity contribution is 5.91. The highest BCUT2D eigenvalue weighted by Crippen LogP contribution is 2.04. The highest BCUT2D eigenvalue weighted by Gasteiger charge is 2.04. The number of carboxylic acids is 3. The second-order valence-electron chi connectivity index (χ2n) is 4.11. The lowest BCUT2D eigenvalue weighted by Crippen LogP contribution is -1.99. The van der Waals surface area contributed by atoms with Crippen molar-refractivity contribution in [1.29, 1.82) is 0 Å². The Morgan fingerprint density at radius 2 is 0.818 bits per heavy atom. The maximum absolute atomic E-state index is 10.3. The fourth-order valence-electron chi connectivity index (χ4n) is 1.38. The number of benzene rings is 2. The first-order valence-corrected chi connectivity index (χ1v) is 5.96. The summed E-state index contributed by atoms with van der Waals surface area (Å²) in [5.74, 6) is -3.06. The van der Waals surface area contributed by atoms with Crippen molar-refractivity contribution < 1.29 is 29.7 Å². The maximum atomic E-state index is 10.3. The zero-order valence-corrected chi connectivity index (χ0v) is 11.3. The van der Waals surface area contributed by atoms with Crippen LogP contribution in [0.3, 0.4) is 0 Å². The van der Waals surface area contributed by atoms with E-state index in [1.165, 1.54) is 36.4 Å². The van der Waals surface area contributed by atoms with Crippen LogP contribution >= 0.6 is 0 Å². The number of anilines is 1. The zero-order chi connectivity index (χ0) is 16.7. The first kappa shape index (κ1) is 16.7. The van der Waals surface area contributed by atoms with E-state index in [2.05, 4.69) is 0 Å². The molecule has 0 radical (unpaired) electrons. The SMILES string of the molecule is Nc1ccc(C(=O)O)cc1.O=C(O)c1ccc(C(=O)O)cc1. The van der Waals surface area contributed by atoms with Crippen LogP contribution in [0.25, 0.3) is 0 Å². The minimum atomic E-state index is -1.06. The molecule has 114 valence electrons. The van der Waals surface area contributed by atoms with Crippen LogP contribution in [0, 0.1) is 0 Å². The summed E-state index contributed by atoms with van der Waals surface area (Å²) in [7, 11) is 0. The molecule has 0 aliphatic rings. The molecule has 0 saturated carbocycles. The molecule has 0 aliphatic heterocycles. The lowest BCUT2D eigenvalue weighted by Gasteiger charge is -1.94. The van der Waals surface area contributed by atoms with E-state index in [4.69, 9.17) is 21.1 Å². The second-order valence-corrected chi connectivity index (χ2v) is 4.11. The Hall–Kier alpha value is -3.35. The summed E-state index contributed by atoms with van der Waals surface area (Å²) in [6, 6.07) is 11.1. The van der Waals surface area contributed by atoms with Crippen LogP contribution in [0.4, 0.5) is 5.69 Å². The molecule has 22 heavy (non-hydrogen) atoms. The third-order valence-corrected chi connectivity index (χ3v) is 2.54. The summed E-state index contributed by atoms with van der Waals surface area (Å²) in [5.41, 5.74) is 6.33. The molecule has 5 N–H and O–H groups in total. The Balaban J connectivity index is 0.000000224. The van der Waals surface area contributed by atoms with Gasteiger partial charge in [-0.1, -0.05) is 0 Å². The van der Waals surface area contributed by atoms with Gasteiger partial charge in [0.1, 0.15) is 0 Å². The average molecular weight is 303 g/mol. The molecular formula is C15H13NO6. The van der Waals surface area contributed by atoms with Crippen molar-refractivity contribution in [3.05, 3.63) is 65.2 Å². The monoisotopic (exact) mass is 303 g/mol. The standard InChI is InChI=1S/C8H6O4.C7H7NO2/c9-7(10)5-1-2-6(4-3-5)8(11)12;8-6-3-1-5(2-4-6)7(9)10/h1-4H,(H,9,10)(H,11,12);1-4H,8H2,(H,9,10). The van der Waals surface area contributed by atoms with Gasteiger partial charge in [-0.15, -0.1) is 0 Å². The summed E-state index contributed by atoms with van der Waals surface area (Å²) in [5, 5.41) is 25.4. The molecule has 0 bridgehead atoms. The maximum Gasteiger partial charge on any atom is 0.335 e. The number of nitrogen functional groups attached to an aromatic ring is 1. The molecule has 0 unspecified atom stereocenters. The van der Waals surface area contributed by atoms with E-state index >= 15 is 0 Å². The number of hydrogen-bond donors (Lipinski definition) is 4. The van der Waals surface area contributed by atoms with Gasteiger partial charge in [-0.2, -0.15) is 0 Å². The summed E-state index contributed by atoms with van der Waals surface area (Å²) < 4.78 is 0. The Kier molecular flexibility index (Phi) is 5.65. The minimum absolute atomic E-state index is 0.0833. The minimum Gasteiger partial charge on any atom is -0.478 e. The van der Waals surface area contributed by atoms with Crippen molar-refractivity contribution in [2.45, 2.75) is 0 Å². The van der Waals surface area contributed by atoms with Gasteiger partial charge in [-0.25, -0.2) is 14.4 Å². The summed E-state index contributed by atoms with van der Waals surface area (Å²) in [6.07, 6.45) is 0. The number of nitrogens with two attached hydrogens (primary N) is 1. The molecule has 0 atom stereocenters. The van der Waals surface area contributed by atoms with Crippen molar-refractivity contribution in [3.63, 3.8) is 0 Å². The number of hydrogen-bond acceptors (Lipinski definition) is 4. The van der Waals surface area contributed by atoms with E-state index in [0.717, 1.165) is 0 Å². The van der Waals surface area contributed by atoms with Crippen LogP contribution in [0.1, 0.15) is 31.1 Å². The van der Waals surface area contributed by atoms with Crippen LogP contribution in [0.15, 0.2) is 48.5 Å².